The van der Waals surface area contributed by atoms with Crippen molar-refractivity contribution in [2.24, 2.45) is 5.92 Å². The van der Waals surface area contributed by atoms with Crippen molar-refractivity contribution in [1.29, 1.82) is 0 Å². The number of hydrogen-bond acceptors (Lipinski definition) is 7. The van der Waals surface area contributed by atoms with E-state index in [1.165, 1.54) is 12.3 Å². The Balaban J connectivity index is 1.87. The summed E-state index contributed by atoms with van der Waals surface area (Å²) >= 11 is 0. The molecule has 0 amide bonds. The van der Waals surface area contributed by atoms with Crippen molar-refractivity contribution in [3.63, 3.8) is 0 Å². The van der Waals surface area contributed by atoms with Gasteiger partial charge in [-0.15, -0.1) is 0 Å². The molecule has 0 saturated carbocycles. The number of rotatable bonds is 4. The first-order valence-corrected chi connectivity index (χ1v) is 10.1. The van der Waals surface area contributed by atoms with Gasteiger partial charge in [-0.2, -0.15) is 25.5 Å². The van der Waals surface area contributed by atoms with Crippen molar-refractivity contribution in [2.45, 2.75) is 26.4 Å². The Bertz CT molecular complexity index is 1380. The Hall–Kier alpha value is -4.21. The zero-order chi connectivity index (χ0) is 22.4. The van der Waals surface area contributed by atoms with Gasteiger partial charge in [0.25, 0.3) is 0 Å². The van der Waals surface area contributed by atoms with Gasteiger partial charge in [-0.3, -0.25) is 9.48 Å². The van der Waals surface area contributed by atoms with Crippen LogP contribution in [0, 0.1) is 5.92 Å². The molecule has 4 aromatic rings. The quantitative estimate of drug-likeness (QED) is 0.524. The van der Waals surface area contributed by atoms with Gasteiger partial charge in [0, 0.05) is 29.0 Å². The van der Waals surface area contributed by atoms with E-state index in [-0.39, 0.29) is 17.5 Å². The molecule has 1 aliphatic heterocycles. The summed E-state index contributed by atoms with van der Waals surface area (Å²) in [5, 5.41) is 30.1. The van der Waals surface area contributed by atoms with E-state index in [0.29, 0.717) is 17.9 Å². The lowest BCUT2D eigenvalue weighted by Crippen LogP contribution is -2.31. The number of nitrogens with zero attached hydrogens (tertiary/aromatic N) is 7. The summed E-state index contributed by atoms with van der Waals surface area (Å²) in [6, 6.07) is 4.95. The van der Waals surface area contributed by atoms with Gasteiger partial charge in [-0.1, -0.05) is 13.8 Å². The van der Waals surface area contributed by atoms with Gasteiger partial charge in [0.05, 0.1) is 48.8 Å². The Morgan fingerprint density at radius 3 is 2.38 bits per heavy atom. The smallest absolute Gasteiger partial charge is 0.341 e. The standard InChI is InChI=1S/C22H19N7O3/c1-12(2)17-11-29-21(16-7-18(30)15(22(31)32)10-28(16)17)19(13-3-5-23-25-8-13)20(27-29)14-4-6-24-26-9-14/h3-10,12,17H,11H2,1-2H3,(H,31,32)/t17-/m0/s1. The molecule has 0 aliphatic carbocycles. The molecule has 0 saturated heterocycles. The van der Waals surface area contributed by atoms with Gasteiger partial charge < -0.3 is 9.67 Å². The van der Waals surface area contributed by atoms with Crippen molar-refractivity contribution >= 4 is 5.97 Å². The topological polar surface area (TPSA) is 129 Å². The van der Waals surface area contributed by atoms with E-state index in [1.807, 2.05) is 21.4 Å². The van der Waals surface area contributed by atoms with Crippen LogP contribution in [0.5, 0.6) is 0 Å². The van der Waals surface area contributed by atoms with Crippen LogP contribution in [-0.2, 0) is 6.54 Å². The fourth-order valence-electron chi connectivity index (χ4n) is 4.17. The van der Waals surface area contributed by atoms with Gasteiger partial charge in [0.2, 0.25) is 0 Å². The second-order valence-corrected chi connectivity index (χ2v) is 7.98. The van der Waals surface area contributed by atoms with Crippen molar-refractivity contribution in [3.05, 3.63) is 65.0 Å². The molecular weight excluding hydrogens is 410 g/mol. The molecule has 160 valence electrons. The average Bonchev–Trinajstić information content (AvgIpc) is 3.19. The molecule has 10 nitrogen and oxygen atoms in total. The fraction of sp³-hybridized carbons (Fsp3) is 0.227. The summed E-state index contributed by atoms with van der Waals surface area (Å²) in [6.07, 6.45) is 7.90. The number of fused-ring (bicyclic) bond motifs is 3. The van der Waals surface area contributed by atoms with Crippen LogP contribution in [0.1, 0.15) is 30.2 Å². The Morgan fingerprint density at radius 2 is 1.78 bits per heavy atom. The predicted molar refractivity (Wildman–Crippen MR) is 115 cm³/mol. The van der Waals surface area contributed by atoms with Gasteiger partial charge in [0.15, 0.2) is 5.43 Å². The second-order valence-electron chi connectivity index (χ2n) is 7.98. The van der Waals surface area contributed by atoms with Crippen LogP contribution in [0.25, 0.3) is 33.8 Å². The molecule has 32 heavy (non-hydrogen) atoms. The molecule has 1 aliphatic rings. The highest BCUT2D eigenvalue weighted by molar-refractivity contribution is 5.92. The number of aromatic nitrogens is 7. The molecule has 10 heteroatoms. The van der Waals surface area contributed by atoms with Gasteiger partial charge in [0.1, 0.15) is 11.3 Å². The third-order valence-corrected chi connectivity index (χ3v) is 5.72. The third-order valence-electron chi connectivity index (χ3n) is 5.72. The summed E-state index contributed by atoms with van der Waals surface area (Å²) < 4.78 is 3.77. The van der Waals surface area contributed by atoms with E-state index in [9.17, 15) is 14.7 Å². The molecule has 0 spiro atoms. The molecule has 1 N–H and O–H groups in total. The summed E-state index contributed by atoms with van der Waals surface area (Å²) in [4.78, 5) is 24.3. The Labute approximate surface area is 182 Å². The van der Waals surface area contributed by atoms with Crippen molar-refractivity contribution in [1.82, 2.24) is 34.7 Å². The minimum Gasteiger partial charge on any atom is -0.477 e. The van der Waals surface area contributed by atoms with Gasteiger partial charge in [-0.25, -0.2) is 4.79 Å². The molecule has 0 bridgehead atoms. The van der Waals surface area contributed by atoms with Gasteiger partial charge >= 0.3 is 5.97 Å². The molecule has 5 heterocycles. The van der Waals surface area contributed by atoms with Crippen molar-refractivity contribution in [3.8, 4) is 33.8 Å². The number of carboxylic acid groups (broad SMARTS) is 1. The average molecular weight is 429 g/mol. The van der Waals surface area contributed by atoms with Gasteiger partial charge in [-0.05, 0) is 18.1 Å². The minimum atomic E-state index is -1.24. The van der Waals surface area contributed by atoms with Crippen LogP contribution in [0.15, 0.2) is 54.0 Å². The molecular formula is C22H19N7O3. The van der Waals surface area contributed by atoms with Crippen LogP contribution in [-0.4, -0.2) is 45.8 Å². The molecule has 0 unspecified atom stereocenters. The Morgan fingerprint density at radius 1 is 1.09 bits per heavy atom. The van der Waals surface area contributed by atoms with Crippen LogP contribution in [0.2, 0.25) is 0 Å². The van der Waals surface area contributed by atoms with E-state index in [4.69, 9.17) is 5.10 Å². The second kappa shape index (κ2) is 7.49. The van der Waals surface area contributed by atoms with E-state index in [0.717, 1.165) is 22.4 Å². The first-order chi connectivity index (χ1) is 15.5. The summed E-state index contributed by atoms with van der Waals surface area (Å²) in [6.45, 7) is 4.64. The van der Waals surface area contributed by atoms with E-state index >= 15 is 0 Å². The molecule has 0 aromatic carbocycles. The molecule has 5 rings (SSSR count). The maximum absolute atomic E-state index is 12.7. The molecule has 0 fully saturated rings. The van der Waals surface area contributed by atoms with Crippen LogP contribution in [0.3, 0.4) is 0 Å². The predicted octanol–water partition coefficient (Wildman–Crippen LogP) is 2.53. The lowest BCUT2D eigenvalue weighted by atomic mass is 9.95. The molecule has 4 aromatic heterocycles. The maximum atomic E-state index is 12.7. The largest absolute Gasteiger partial charge is 0.477 e. The van der Waals surface area contributed by atoms with E-state index < -0.39 is 11.4 Å². The van der Waals surface area contributed by atoms with Crippen LogP contribution in [0.4, 0.5) is 0 Å². The lowest BCUT2D eigenvalue weighted by molar-refractivity contribution is 0.0694. The first-order valence-electron chi connectivity index (χ1n) is 10.1. The number of carbonyl (C=O) groups is 1. The summed E-state index contributed by atoms with van der Waals surface area (Å²) in [5.74, 6) is -1.07. The lowest BCUT2D eigenvalue weighted by Gasteiger charge is -2.32. The number of carboxylic acids is 1. The fourth-order valence-corrected chi connectivity index (χ4v) is 4.17. The number of hydrogen-bond donors (Lipinski definition) is 1. The summed E-state index contributed by atoms with van der Waals surface area (Å²) in [7, 11) is 0. The van der Waals surface area contributed by atoms with Crippen LogP contribution >= 0.6 is 0 Å². The summed E-state index contributed by atoms with van der Waals surface area (Å²) in [5.41, 5.74) is 3.52. The molecule has 0 radical (unpaired) electrons. The molecule has 1 atom stereocenters. The highest BCUT2D eigenvalue weighted by Crippen LogP contribution is 2.43. The maximum Gasteiger partial charge on any atom is 0.341 e. The van der Waals surface area contributed by atoms with Crippen LogP contribution < -0.4 is 5.43 Å². The third kappa shape index (κ3) is 3.08. The highest BCUT2D eigenvalue weighted by atomic mass is 16.4. The number of pyridine rings is 1. The van der Waals surface area contributed by atoms with Crippen molar-refractivity contribution < 1.29 is 9.90 Å². The monoisotopic (exact) mass is 429 g/mol. The minimum absolute atomic E-state index is 0.0806. The number of aromatic carboxylic acids is 1. The zero-order valence-electron chi connectivity index (χ0n) is 17.4. The van der Waals surface area contributed by atoms with Crippen molar-refractivity contribution in [2.75, 3.05) is 0 Å². The van der Waals surface area contributed by atoms with E-state index in [1.54, 1.807) is 24.8 Å². The van der Waals surface area contributed by atoms with E-state index in [2.05, 4.69) is 34.2 Å². The highest BCUT2D eigenvalue weighted by Gasteiger charge is 2.33. The first kappa shape index (κ1) is 19.7. The normalized spacial score (nSPS) is 14.8. The SMILES string of the molecule is CC(C)[C@@H]1Cn2nc(-c3ccnnc3)c(-c3ccnnc3)c2-c2cc(=O)c(C(=O)O)cn21. The Kier molecular flexibility index (Phi) is 4.62. The zero-order valence-corrected chi connectivity index (χ0v) is 17.4.